The lowest BCUT2D eigenvalue weighted by molar-refractivity contribution is 0.0486. The van der Waals surface area contributed by atoms with Crippen molar-refractivity contribution in [3.8, 4) is 5.69 Å². The Balaban J connectivity index is 1.54. The summed E-state index contributed by atoms with van der Waals surface area (Å²) in [5.41, 5.74) is 4.05. The van der Waals surface area contributed by atoms with Crippen molar-refractivity contribution in [2.45, 2.75) is 32.1 Å². The maximum Gasteiger partial charge on any atom is 0.273 e. The molecule has 3 aromatic rings. The van der Waals surface area contributed by atoms with Gasteiger partial charge in [-0.25, -0.2) is 4.68 Å². The highest BCUT2D eigenvalue weighted by Crippen LogP contribution is 2.35. The molecule has 1 amide bonds. The quantitative estimate of drug-likeness (QED) is 0.671. The highest BCUT2D eigenvalue weighted by molar-refractivity contribution is 6.30. The van der Waals surface area contributed by atoms with Crippen molar-refractivity contribution in [1.82, 2.24) is 20.3 Å². The minimum atomic E-state index is -0.216. The van der Waals surface area contributed by atoms with Crippen LogP contribution in [0.5, 0.6) is 0 Å². The van der Waals surface area contributed by atoms with E-state index in [0.717, 1.165) is 29.7 Å². The summed E-state index contributed by atoms with van der Waals surface area (Å²) in [6, 6.07) is 15.8. The van der Waals surface area contributed by atoms with Crippen molar-refractivity contribution in [1.29, 1.82) is 0 Å². The lowest BCUT2D eigenvalue weighted by Crippen LogP contribution is -2.44. The molecule has 0 saturated carbocycles. The Hall–Kier alpha value is -2.70. The van der Waals surface area contributed by atoms with Crippen LogP contribution in [-0.4, -0.2) is 40.7 Å². The number of nitrogens with one attached hydrogen (secondary N) is 1. The molecule has 0 radical (unpaired) electrons. The van der Waals surface area contributed by atoms with Gasteiger partial charge in [0.2, 0.25) is 0 Å². The zero-order chi connectivity index (χ0) is 21.1. The Morgan fingerprint density at radius 1 is 1.17 bits per heavy atom. The molecule has 1 aromatic heterocycles. The molecule has 0 unspecified atom stereocenters. The van der Waals surface area contributed by atoms with Crippen LogP contribution in [0.2, 0.25) is 5.02 Å². The number of nitrogens with zero attached hydrogens (tertiary/aromatic N) is 3. The lowest BCUT2D eigenvalue weighted by Gasteiger charge is -2.38. The van der Waals surface area contributed by atoms with Crippen LogP contribution in [0, 0.1) is 13.8 Å². The molecule has 2 heterocycles. The Kier molecular flexibility index (Phi) is 5.88. The lowest BCUT2D eigenvalue weighted by atomic mass is 9.74. The monoisotopic (exact) mass is 424 g/mol. The van der Waals surface area contributed by atoms with Crippen molar-refractivity contribution in [2.75, 3.05) is 19.8 Å². The zero-order valence-corrected chi connectivity index (χ0v) is 17.9. The minimum absolute atomic E-state index is 0.182. The molecule has 4 rings (SSSR count). The van der Waals surface area contributed by atoms with Crippen LogP contribution in [0.1, 0.15) is 40.2 Å². The van der Waals surface area contributed by atoms with Gasteiger partial charge in [0.25, 0.3) is 5.91 Å². The van der Waals surface area contributed by atoms with Crippen molar-refractivity contribution >= 4 is 17.5 Å². The summed E-state index contributed by atoms with van der Waals surface area (Å²) in [6.07, 6.45) is 1.67. The highest BCUT2D eigenvalue weighted by Gasteiger charge is 2.35. The first-order chi connectivity index (χ1) is 14.5. The number of rotatable bonds is 5. The van der Waals surface area contributed by atoms with E-state index in [1.807, 2.05) is 62.4 Å². The molecule has 30 heavy (non-hydrogen) atoms. The number of hydrogen-bond acceptors (Lipinski definition) is 4. The van der Waals surface area contributed by atoms with Gasteiger partial charge in [-0.2, -0.15) is 0 Å². The topological polar surface area (TPSA) is 69.0 Å². The fraction of sp³-hybridized carbons (Fsp3) is 0.348. The fourth-order valence-electron chi connectivity index (χ4n) is 4.01. The average Bonchev–Trinajstić information content (AvgIpc) is 3.14. The van der Waals surface area contributed by atoms with Crippen molar-refractivity contribution in [2.24, 2.45) is 0 Å². The molecule has 7 heteroatoms. The molecule has 1 aliphatic heterocycles. The molecular weight excluding hydrogens is 400 g/mol. The van der Waals surface area contributed by atoms with Gasteiger partial charge in [-0.3, -0.25) is 4.79 Å². The summed E-state index contributed by atoms with van der Waals surface area (Å²) < 4.78 is 7.28. The molecule has 0 spiro atoms. The van der Waals surface area contributed by atoms with Gasteiger partial charge in [0.15, 0.2) is 5.69 Å². The van der Waals surface area contributed by atoms with E-state index < -0.39 is 0 Å². The third kappa shape index (κ3) is 4.11. The summed E-state index contributed by atoms with van der Waals surface area (Å²) in [6.45, 7) is 5.73. The molecule has 0 aliphatic carbocycles. The number of carbonyl (C=O) groups is 1. The van der Waals surface area contributed by atoms with Crippen LogP contribution in [0.15, 0.2) is 48.5 Å². The second-order valence-electron chi connectivity index (χ2n) is 7.86. The first-order valence-electron chi connectivity index (χ1n) is 10.1. The maximum atomic E-state index is 13.0. The predicted octanol–water partition coefficient (Wildman–Crippen LogP) is 4.02. The summed E-state index contributed by atoms with van der Waals surface area (Å²) in [5, 5.41) is 12.1. The number of halogens is 1. The largest absolute Gasteiger partial charge is 0.381 e. The maximum absolute atomic E-state index is 13.0. The van der Waals surface area contributed by atoms with Crippen LogP contribution < -0.4 is 5.32 Å². The predicted molar refractivity (Wildman–Crippen MR) is 116 cm³/mol. The van der Waals surface area contributed by atoms with Crippen LogP contribution in [0.4, 0.5) is 0 Å². The normalized spacial score (nSPS) is 15.7. The van der Waals surface area contributed by atoms with Gasteiger partial charge >= 0.3 is 0 Å². The van der Waals surface area contributed by atoms with Gasteiger partial charge in [0, 0.05) is 30.2 Å². The van der Waals surface area contributed by atoms with Gasteiger partial charge in [-0.1, -0.05) is 41.1 Å². The van der Waals surface area contributed by atoms with E-state index in [-0.39, 0.29) is 11.3 Å². The minimum Gasteiger partial charge on any atom is -0.381 e. The van der Waals surface area contributed by atoms with E-state index in [0.29, 0.717) is 36.2 Å². The summed E-state index contributed by atoms with van der Waals surface area (Å²) in [4.78, 5) is 13.0. The third-order valence-corrected chi connectivity index (χ3v) is 6.10. The molecule has 1 N–H and O–H groups in total. The Bertz CT molecular complexity index is 1040. The van der Waals surface area contributed by atoms with E-state index in [2.05, 4.69) is 15.6 Å². The van der Waals surface area contributed by atoms with Crippen LogP contribution in [-0.2, 0) is 10.2 Å². The van der Waals surface area contributed by atoms with Crippen molar-refractivity contribution < 1.29 is 9.53 Å². The number of benzene rings is 2. The van der Waals surface area contributed by atoms with Crippen LogP contribution in [0.25, 0.3) is 5.69 Å². The average molecular weight is 425 g/mol. The molecule has 1 aliphatic rings. The molecule has 1 saturated heterocycles. The number of hydrogen-bond donors (Lipinski definition) is 1. The first-order valence-corrected chi connectivity index (χ1v) is 10.5. The summed E-state index contributed by atoms with van der Waals surface area (Å²) >= 11 is 6.07. The van der Waals surface area contributed by atoms with E-state index >= 15 is 0 Å². The van der Waals surface area contributed by atoms with Gasteiger partial charge in [-0.15, -0.1) is 5.10 Å². The van der Waals surface area contributed by atoms with Gasteiger partial charge in [0.1, 0.15) is 0 Å². The molecule has 6 nitrogen and oxygen atoms in total. The Morgan fingerprint density at radius 2 is 1.90 bits per heavy atom. The van der Waals surface area contributed by atoms with Gasteiger partial charge < -0.3 is 10.1 Å². The molecule has 1 fully saturated rings. The van der Waals surface area contributed by atoms with E-state index in [9.17, 15) is 4.79 Å². The number of carbonyl (C=O) groups excluding carboxylic acids is 1. The van der Waals surface area contributed by atoms with E-state index in [1.165, 1.54) is 0 Å². The first kappa shape index (κ1) is 20.6. The second-order valence-corrected chi connectivity index (χ2v) is 8.29. The van der Waals surface area contributed by atoms with E-state index in [1.54, 1.807) is 4.68 Å². The van der Waals surface area contributed by atoms with Crippen molar-refractivity contribution in [3.05, 3.63) is 76.1 Å². The molecular formula is C23H25ClN4O2. The zero-order valence-electron chi connectivity index (χ0n) is 17.2. The molecule has 2 aromatic carbocycles. The molecule has 0 bridgehead atoms. The Morgan fingerprint density at radius 3 is 2.60 bits per heavy atom. The number of aryl methyl sites for hydroxylation is 1. The second kappa shape index (κ2) is 8.58. The molecule has 0 atom stereocenters. The standard InChI is InChI=1S/C23H25ClN4O2/c1-16-4-3-5-20(14-16)28-17(2)21(26-27-28)22(29)25-15-23(10-12-30-13-11-23)18-6-8-19(24)9-7-18/h3-9,14H,10-13,15H2,1-2H3,(H,25,29). The highest BCUT2D eigenvalue weighted by atomic mass is 35.5. The van der Waals surface area contributed by atoms with Crippen LogP contribution in [0.3, 0.4) is 0 Å². The van der Waals surface area contributed by atoms with Crippen LogP contribution >= 0.6 is 11.6 Å². The summed E-state index contributed by atoms with van der Waals surface area (Å²) in [5.74, 6) is -0.216. The summed E-state index contributed by atoms with van der Waals surface area (Å²) in [7, 11) is 0. The molecule has 156 valence electrons. The Labute approximate surface area is 181 Å². The van der Waals surface area contributed by atoms with Gasteiger partial charge in [0.05, 0.1) is 11.4 Å². The number of aromatic nitrogens is 3. The SMILES string of the molecule is Cc1cccc(-n2nnc(C(=O)NCC3(c4ccc(Cl)cc4)CCOCC3)c2C)c1. The number of amides is 1. The number of ether oxygens (including phenoxy) is 1. The fourth-order valence-corrected chi connectivity index (χ4v) is 4.14. The smallest absolute Gasteiger partial charge is 0.273 e. The van der Waals surface area contributed by atoms with Gasteiger partial charge in [-0.05, 0) is 62.1 Å². The van der Waals surface area contributed by atoms with Crippen molar-refractivity contribution in [3.63, 3.8) is 0 Å². The third-order valence-electron chi connectivity index (χ3n) is 5.85. The van der Waals surface area contributed by atoms with E-state index in [4.69, 9.17) is 16.3 Å².